The van der Waals surface area contributed by atoms with E-state index >= 15 is 0 Å². The van der Waals surface area contributed by atoms with Gasteiger partial charge < -0.3 is 10.6 Å². The molecule has 7 heteroatoms. The zero-order valence-corrected chi connectivity index (χ0v) is 14.2. The van der Waals surface area contributed by atoms with Gasteiger partial charge in [0.15, 0.2) is 5.96 Å². The van der Waals surface area contributed by atoms with Crippen molar-refractivity contribution in [1.82, 2.24) is 15.5 Å². The highest BCUT2D eigenvalue weighted by Gasteiger charge is 2.28. The number of nitrogens with one attached hydrogen (secondary N) is 2. The Labute approximate surface area is 137 Å². The highest BCUT2D eigenvalue weighted by Crippen LogP contribution is 2.19. The first-order valence-electron chi connectivity index (χ1n) is 8.36. The molecule has 1 aliphatic carbocycles. The van der Waals surface area contributed by atoms with Crippen LogP contribution in [0.2, 0.25) is 0 Å². The molecule has 0 saturated carbocycles. The van der Waals surface area contributed by atoms with Gasteiger partial charge in [0.2, 0.25) is 0 Å². The number of allylic oxidation sites excluding steroid dienone is 1. The molecule has 1 aliphatic rings. The van der Waals surface area contributed by atoms with E-state index in [1.165, 1.54) is 43.2 Å². The Morgan fingerprint density at radius 2 is 2.09 bits per heavy atom. The van der Waals surface area contributed by atoms with Crippen molar-refractivity contribution in [3.63, 3.8) is 0 Å². The fourth-order valence-corrected chi connectivity index (χ4v) is 2.53. The monoisotopic (exact) mass is 334 g/mol. The van der Waals surface area contributed by atoms with Crippen molar-refractivity contribution in [3.8, 4) is 0 Å². The van der Waals surface area contributed by atoms with E-state index in [4.69, 9.17) is 0 Å². The smallest absolute Gasteiger partial charge is 0.357 e. The Bertz CT molecular complexity index is 391. The predicted octanol–water partition coefficient (Wildman–Crippen LogP) is 2.93. The van der Waals surface area contributed by atoms with Crippen LogP contribution in [0, 0.1) is 0 Å². The van der Waals surface area contributed by atoms with E-state index < -0.39 is 12.7 Å². The molecule has 0 atom stereocenters. The predicted molar refractivity (Wildman–Crippen MR) is 88.7 cm³/mol. The third kappa shape index (κ3) is 10.2. The molecule has 2 N–H and O–H groups in total. The van der Waals surface area contributed by atoms with Crippen LogP contribution >= 0.6 is 0 Å². The molecule has 0 unspecified atom stereocenters. The van der Waals surface area contributed by atoms with Gasteiger partial charge in [-0.15, -0.1) is 0 Å². The minimum atomic E-state index is -4.16. The molecule has 0 aliphatic heterocycles. The van der Waals surface area contributed by atoms with Crippen LogP contribution in [0.25, 0.3) is 0 Å². The standard InChI is InChI=1S/C16H29F3N4/c1-3-20-15(21-10-9-14-7-5-4-6-8-14)22-11-12-23(2)13-16(17,18)19/h7H,3-6,8-13H2,1-2H3,(H2,20,21,22). The fraction of sp³-hybridized carbons (Fsp3) is 0.812. The van der Waals surface area contributed by atoms with E-state index in [1.54, 1.807) is 0 Å². The molecule has 0 amide bonds. The summed E-state index contributed by atoms with van der Waals surface area (Å²) in [5, 5.41) is 6.37. The minimum absolute atomic E-state index is 0.279. The highest BCUT2D eigenvalue weighted by molar-refractivity contribution is 5.79. The van der Waals surface area contributed by atoms with Gasteiger partial charge in [-0.2, -0.15) is 13.2 Å². The van der Waals surface area contributed by atoms with Crippen LogP contribution in [0.15, 0.2) is 16.6 Å². The van der Waals surface area contributed by atoms with Crippen molar-refractivity contribution in [2.24, 2.45) is 4.99 Å². The molecule has 0 spiro atoms. The van der Waals surface area contributed by atoms with Crippen LogP contribution in [0.3, 0.4) is 0 Å². The van der Waals surface area contributed by atoms with Crippen molar-refractivity contribution in [2.75, 3.05) is 39.8 Å². The summed E-state index contributed by atoms with van der Waals surface area (Å²) in [6.07, 6.45) is 4.07. The van der Waals surface area contributed by atoms with Crippen LogP contribution in [-0.4, -0.2) is 56.8 Å². The molecular formula is C16H29F3N4. The zero-order valence-electron chi connectivity index (χ0n) is 14.2. The summed E-state index contributed by atoms with van der Waals surface area (Å²) in [5.74, 6) is 0.671. The Kier molecular flexibility index (Phi) is 9.06. The van der Waals surface area contributed by atoms with Crippen molar-refractivity contribution in [1.29, 1.82) is 0 Å². The summed E-state index contributed by atoms with van der Waals surface area (Å²) < 4.78 is 36.7. The van der Waals surface area contributed by atoms with E-state index in [1.807, 2.05) is 6.92 Å². The normalized spacial score (nSPS) is 16.4. The van der Waals surface area contributed by atoms with Crippen LogP contribution in [-0.2, 0) is 0 Å². The number of hydrogen-bond acceptors (Lipinski definition) is 2. The van der Waals surface area contributed by atoms with E-state index in [9.17, 15) is 13.2 Å². The number of likely N-dealkylation sites (N-methyl/N-ethyl adjacent to an activating group) is 1. The van der Waals surface area contributed by atoms with Gasteiger partial charge in [-0.1, -0.05) is 11.6 Å². The maximum atomic E-state index is 12.2. The van der Waals surface area contributed by atoms with E-state index in [-0.39, 0.29) is 6.54 Å². The van der Waals surface area contributed by atoms with Gasteiger partial charge in [0.1, 0.15) is 0 Å². The Morgan fingerprint density at radius 3 is 2.70 bits per heavy atom. The summed E-state index contributed by atoms with van der Waals surface area (Å²) in [6.45, 7) is 3.21. The molecule has 1 rings (SSSR count). The van der Waals surface area contributed by atoms with Crippen molar-refractivity contribution in [2.45, 2.75) is 45.2 Å². The van der Waals surface area contributed by atoms with Crippen LogP contribution < -0.4 is 10.6 Å². The average molecular weight is 334 g/mol. The second-order valence-corrected chi connectivity index (χ2v) is 5.90. The minimum Gasteiger partial charge on any atom is -0.357 e. The molecule has 4 nitrogen and oxygen atoms in total. The van der Waals surface area contributed by atoms with Crippen molar-refractivity contribution < 1.29 is 13.2 Å². The van der Waals surface area contributed by atoms with Gasteiger partial charge in [0.25, 0.3) is 0 Å². The maximum Gasteiger partial charge on any atom is 0.401 e. The number of nitrogens with zero attached hydrogens (tertiary/aromatic N) is 2. The third-order valence-electron chi connectivity index (χ3n) is 3.67. The molecule has 0 aromatic heterocycles. The molecule has 0 radical (unpaired) electrons. The number of halogens is 3. The molecule has 0 aromatic rings. The first-order valence-corrected chi connectivity index (χ1v) is 8.36. The Hall–Kier alpha value is -1.24. The lowest BCUT2D eigenvalue weighted by molar-refractivity contribution is -0.142. The number of alkyl halides is 3. The van der Waals surface area contributed by atoms with Gasteiger partial charge in [0, 0.05) is 19.6 Å². The number of guanidine groups is 1. The summed E-state index contributed by atoms with van der Waals surface area (Å²) in [5.41, 5.74) is 1.49. The van der Waals surface area contributed by atoms with Gasteiger partial charge in [-0.25, -0.2) is 0 Å². The van der Waals surface area contributed by atoms with Gasteiger partial charge in [0.05, 0.1) is 13.1 Å². The van der Waals surface area contributed by atoms with Gasteiger partial charge in [-0.3, -0.25) is 9.89 Å². The third-order valence-corrected chi connectivity index (χ3v) is 3.67. The lowest BCUT2D eigenvalue weighted by atomic mass is 9.97. The van der Waals surface area contributed by atoms with Crippen LogP contribution in [0.4, 0.5) is 13.2 Å². The average Bonchev–Trinajstić information content (AvgIpc) is 2.46. The molecule has 0 saturated heterocycles. The molecule has 134 valence electrons. The molecule has 0 bridgehead atoms. The summed E-state index contributed by atoms with van der Waals surface area (Å²) in [6, 6.07) is 0. The second kappa shape index (κ2) is 10.5. The van der Waals surface area contributed by atoms with Crippen molar-refractivity contribution in [3.05, 3.63) is 11.6 Å². The second-order valence-electron chi connectivity index (χ2n) is 5.90. The summed E-state index contributed by atoms with van der Waals surface area (Å²) >= 11 is 0. The Balaban J connectivity index is 2.30. The maximum absolute atomic E-state index is 12.2. The number of hydrogen-bond donors (Lipinski definition) is 2. The molecule has 0 aromatic carbocycles. The largest absolute Gasteiger partial charge is 0.401 e. The lowest BCUT2D eigenvalue weighted by Gasteiger charge is -2.18. The first kappa shape index (κ1) is 19.8. The number of rotatable bonds is 8. The lowest BCUT2D eigenvalue weighted by Crippen LogP contribution is -2.39. The quantitative estimate of drug-likeness (QED) is 0.407. The first-order chi connectivity index (χ1) is 10.9. The van der Waals surface area contributed by atoms with Crippen molar-refractivity contribution >= 4 is 5.96 Å². The van der Waals surface area contributed by atoms with E-state index in [2.05, 4.69) is 21.7 Å². The molecular weight excluding hydrogens is 305 g/mol. The fourth-order valence-electron chi connectivity index (χ4n) is 2.53. The summed E-state index contributed by atoms with van der Waals surface area (Å²) in [7, 11) is 1.46. The van der Waals surface area contributed by atoms with Crippen LogP contribution in [0.1, 0.15) is 39.0 Å². The SMILES string of the molecule is CCNC(=NCCN(C)CC(F)(F)F)NCCC1=CCCCC1. The zero-order chi connectivity index (χ0) is 17.1. The molecule has 0 heterocycles. The Morgan fingerprint density at radius 1 is 1.30 bits per heavy atom. The van der Waals surface area contributed by atoms with E-state index in [0.717, 1.165) is 19.5 Å². The van der Waals surface area contributed by atoms with Crippen LogP contribution in [0.5, 0.6) is 0 Å². The summed E-state index contributed by atoms with van der Waals surface area (Å²) in [4.78, 5) is 5.57. The van der Waals surface area contributed by atoms with Gasteiger partial charge >= 0.3 is 6.18 Å². The number of aliphatic imine (C=N–C) groups is 1. The molecule has 0 fully saturated rings. The van der Waals surface area contributed by atoms with Gasteiger partial charge in [-0.05, 0) is 46.1 Å². The highest BCUT2D eigenvalue weighted by atomic mass is 19.4. The molecule has 23 heavy (non-hydrogen) atoms. The van der Waals surface area contributed by atoms with E-state index in [0.29, 0.717) is 12.5 Å². The topological polar surface area (TPSA) is 39.7 Å².